The minimum atomic E-state index is -3.44. The van der Waals surface area contributed by atoms with E-state index in [9.17, 15) is 18.3 Å². The number of rotatable bonds is 10. The van der Waals surface area contributed by atoms with Crippen LogP contribution in [0.15, 0.2) is 42.5 Å². The molecule has 5 rings (SSSR count). The molecule has 1 aromatic heterocycles. The summed E-state index contributed by atoms with van der Waals surface area (Å²) in [7, 11) is 0.736. The molecule has 0 spiro atoms. The van der Waals surface area contributed by atoms with Crippen LogP contribution in [0.5, 0.6) is 0 Å². The van der Waals surface area contributed by atoms with Gasteiger partial charge in [0.15, 0.2) is 0 Å². The highest BCUT2D eigenvalue weighted by Crippen LogP contribution is 2.46. The smallest absolute Gasteiger partial charge is 0.335 e. The van der Waals surface area contributed by atoms with E-state index in [4.69, 9.17) is 5.14 Å². The molecule has 2 aliphatic rings. The first-order valence-corrected chi connectivity index (χ1v) is 16.2. The predicted octanol–water partition coefficient (Wildman–Crippen LogP) is 4.52. The van der Waals surface area contributed by atoms with Crippen LogP contribution in [0.1, 0.15) is 65.9 Å². The van der Waals surface area contributed by atoms with E-state index in [0.717, 1.165) is 31.6 Å². The molecule has 8 nitrogen and oxygen atoms in total. The molecule has 2 heterocycles. The summed E-state index contributed by atoms with van der Waals surface area (Å²) in [6.45, 7) is 3.10. The third-order valence-corrected chi connectivity index (χ3v) is 9.77. The molecule has 0 amide bonds. The number of benzene rings is 2. The number of aromatic nitrogens is 1. The highest BCUT2D eigenvalue weighted by Gasteiger charge is 2.32. The number of carboxylic acid groups (broad SMARTS) is 1. The van der Waals surface area contributed by atoms with Crippen molar-refractivity contribution in [2.45, 2.75) is 63.5 Å². The molecule has 1 atom stereocenters. The van der Waals surface area contributed by atoms with Gasteiger partial charge < -0.3 is 19.5 Å². The number of hydrogen-bond acceptors (Lipinski definition) is 5. The first kappa shape index (κ1) is 28.8. The molecule has 1 aliphatic heterocycles. The summed E-state index contributed by atoms with van der Waals surface area (Å²) < 4.78 is 25.0. The summed E-state index contributed by atoms with van der Waals surface area (Å²) in [6.07, 6.45) is 7.54. The monoisotopic (exact) mass is 566 g/mol. The topological polar surface area (TPSA) is 109 Å². The Bertz CT molecular complexity index is 1480. The molecule has 1 saturated carbocycles. The van der Waals surface area contributed by atoms with E-state index in [1.165, 1.54) is 59.9 Å². The Balaban J connectivity index is 1.50. The fraction of sp³-hybridized carbons (Fsp3) is 0.516. The highest BCUT2D eigenvalue weighted by atomic mass is 32.2. The lowest BCUT2D eigenvalue weighted by atomic mass is 9.81. The van der Waals surface area contributed by atoms with Crippen LogP contribution in [0.2, 0.25) is 0 Å². The van der Waals surface area contributed by atoms with Gasteiger partial charge in [0.2, 0.25) is 10.0 Å². The van der Waals surface area contributed by atoms with Gasteiger partial charge in [0.1, 0.15) is 0 Å². The maximum atomic E-state index is 12.0. The summed E-state index contributed by atoms with van der Waals surface area (Å²) in [5, 5.41) is 16.2. The summed E-state index contributed by atoms with van der Waals surface area (Å²) in [5.41, 5.74) is 6.62. The first-order chi connectivity index (χ1) is 19.1. The summed E-state index contributed by atoms with van der Waals surface area (Å²) in [4.78, 5) is 16.5. The molecule has 3 N–H and O–H groups in total. The average molecular weight is 567 g/mol. The molecule has 40 heavy (non-hydrogen) atoms. The van der Waals surface area contributed by atoms with Crippen molar-refractivity contribution in [1.82, 2.24) is 14.4 Å². The lowest BCUT2D eigenvalue weighted by Gasteiger charge is -2.30. The highest BCUT2D eigenvalue weighted by molar-refractivity contribution is 7.89. The number of likely N-dealkylation sites (N-methyl/N-ethyl adjacent to an activating group) is 2. The molecule has 2 aromatic carbocycles. The van der Waals surface area contributed by atoms with Crippen molar-refractivity contribution < 1.29 is 18.3 Å². The molecular weight excluding hydrogens is 524 g/mol. The van der Waals surface area contributed by atoms with Crippen molar-refractivity contribution in [3.05, 3.63) is 59.2 Å². The minimum absolute atomic E-state index is 0.00225. The summed E-state index contributed by atoms with van der Waals surface area (Å²) in [5.74, 6) is -0.418. The van der Waals surface area contributed by atoms with Gasteiger partial charge in [-0.1, -0.05) is 49.6 Å². The third-order valence-electron chi connectivity index (χ3n) is 8.91. The second-order valence-electron chi connectivity index (χ2n) is 11.8. The van der Waals surface area contributed by atoms with Crippen LogP contribution < -0.4 is 5.14 Å². The van der Waals surface area contributed by atoms with Gasteiger partial charge in [-0.25, -0.2) is 18.4 Å². The number of aromatic carboxylic acids is 1. The van der Waals surface area contributed by atoms with Crippen LogP contribution in [0.25, 0.3) is 22.2 Å². The molecule has 0 bridgehead atoms. The molecule has 0 radical (unpaired) electrons. The zero-order chi connectivity index (χ0) is 28.4. The Morgan fingerprint density at radius 1 is 1.05 bits per heavy atom. The number of carboxylic acids is 1. The minimum Gasteiger partial charge on any atom is -0.478 e. The van der Waals surface area contributed by atoms with E-state index < -0.39 is 16.0 Å². The Morgan fingerprint density at radius 2 is 1.80 bits per heavy atom. The molecule has 3 aromatic rings. The van der Waals surface area contributed by atoms with Crippen LogP contribution in [0.4, 0.5) is 0 Å². The Labute approximate surface area is 237 Å². The first-order valence-electron chi connectivity index (χ1n) is 14.5. The predicted molar refractivity (Wildman–Crippen MR) is 160 cm³/mol. The van der Waals surface area contributed by atoms with E-state index in [2.05, 4.69) is 45.7 Å². The Hall–Kier alpha value is -2.72. The van der Waals surface area contributed by atoms with Gasteiger partial charge >= 0.3 is 5.97 Å². The molecule has 216 valence electrons. The van der Waals surface area contributed by atoms with Gasteiger partial charge in [0.25, 0.3) is 0 Å². The van der Waals surface area contributed by atoms with Gasteiger partial charge in [-0.3, -0.25) is 0 Å². The van der Waals surface area contributed by atoms with Gasteiger partial charge in [-0.15, -0.1) is 0 Å². The standard InChI is InChI=1S/C31H42N4O4S/c1-33(15-8-18-40(32,38)39)16-17-34(2)25-19-23-11-6-7-12-26(23)30-29(22-9-4-3-5-10-22)27-14-13-24(31(36)37)20-28(27)35(30)21-25/h6-7,11-14,20,22,25H,3-5,8-10,15-19,21H2,1-2H3,(H,36,37)(H2,32,38,39). The molecule has 9 heteroatoms. The molecule has 1 unspecified atom stereocenters. The molecular formula is C31H42N4O4S. The lowest BCUT2D eigenvalue weighted by molar-refractivity contribution is 0.0697. The van der Waals surface area contributed by atoms with Crippen LogP contribution >= 0.6 is 0 Å². The van der Waals surface area contributed by atoms with E-state index in [0.29, 0.717) is 24.4 Å². The quantitative estimate of drug-likeness (QED) is 0.374. The Morgan fingerprint density at radius 3 is 2.52 bits per heavy atom. The number of sulfonamides is 1. The zero-order valence-corrected chi connectivity index (χ0v) is 24.5. The number of fused-ring (bicyclic) bond motifs is 5. The molecule has 1 aliphatic carbocycles. The third kappa shape index (κ3) is 6.28. The van der Waals surface area contributed by atoms with Crippen molar-refractivity contribution in [2.24, 2.45) is 5.14 Å². The maximum absolute atomic E-state index is 12.0. The number of hydrogen-bond donors (Lipinski definition) is 2. The fourth-order valence-electron chi connectivity index (χ4n) is 6.71. The second-order valence-corrected chi connectivity index (χ2v) is 13.5. The number of primary sulfonamides is 1. The van der Waals surface area contributed by atoms with E-state index in [1.807, 2.05) is 19.2 Å². The summed E-state index contributed by atoms with van der Waals surface area (Å²) >= 11 is 0. The van der Waals surface area contributed by atoms with E-state index >= 15 is 0 Å². The van der Waals surface area contributed by atoms with E-state index in [-0.39, 0.29) is 11.8 Å². The zero-order valence-electron chi connectivity index (χ0n) is 23.7. The van der Waals surface area contributed by atoms with Crippen molar-refractivity contribution in [3.63, 3.8) is 0 Å². The Kier molecular flexibility index (Phi) is 8.66. The van der Waals surface area contributed by atoms with Gasteiger partial charge in [-0.05, 0) is 75.5 Å². The van der Waals surface area contributed by atoms with Gasteiger partial charge in [0.05, 0.1) is 17.0 Å². The van der Waals surface area contributed by atoms with Gasteiger partial charge in [-0.2, -0.15) is 0 Å². The molecule has 0 saturated heterocycles. The van der Waals surface area contributed by atoms with Crippen molar-refractivity contribution in [3.8, 4) is 11.3 Å². The second kappa shape index (κ2) is 12.0. The van der Waals surface area contributed by atoms with Crippen LogP contribution in [-0.2, 0) is 23.0 Å². The normalized spacial score (nSPS) is 18.2. The van der Waals surface area contributed by atoms with Crippen molar-refractivity contribution in [1.29, 1.82) is 0 Å². The van der Waals surface area contributed by atoms with Gasteiger partial charge in [0, 0.05) is 42.1 Å². The maximum Gasteiger partial charge on any atom is 0.335 e. The van der Waals surface area contributed by atoms with Crippen molar-refractivity contribution >= 4 is 26.9 Å². The fourth-order valence-corrected chi connectivity index (χ4v) is 7.24. The van der Waals surface area contributed by atoms with Crippen LogP contribution in [0, 0.1) is 0 Å². The average Bonchev–Trinajstić information content (AvgIpc) is 3.13. The SMILES string of the molecule is CN(CCCS(N)(=O)=O)CCN(C)C1Cc2ccccc2-c2c(C3CCCCC3)c3ccc(C(=O)O)cc3n2C1. The molecule has 1 fully saturated rings. The van der Waals surface area contributed by atoms with Crippen molar-refractivity contribution in [2.75, 3.05) is 39.5 Å². The van der Waals surface area contributed by atoms with Crippen LogP contribution in [0.3, 0.4) is 0 Å². The van der Waals surface area contributed by atoms with E-state index in [1.54, 1.807) is 6.07 Å². The lowest BCUT2D eigenvalue weighted by Crippen LogP contribution is -2.41. The number of carbonyl (C=O) groups is 1. The largest absolute Gasteiger partial charge is 0.478 e. The van der Waals surface area contributed by atoms with Crippen LogP contribution in [-0.4, -0.2) is 79.4 Å². The summed E-state index contributed by atoms with van der Waals surface area (Å²) in [6, 6.07) is 14.6. The number of nitrogens with zero attached hydrogens (tertiary/aromatic N) is 3. The number of nitrogens with two attached hydrogens (primary N) is 1.